The minimum atomic E-state index is -0.394. The first-order chi connectivity index (χ1) is 13.0. The molecule has 0 aromatic heterocycles. The summed E-state index contributed by atoms with van der Waals surface area (Å²) in [7, 11) is 3.14. The quantitative estimate of drug-likeness (QED) is 0.696. The van der Waals surface area contributed by atoms with E-state index in [1.165, 1.54) is 0 Å². The molecule has 0 fully saturated rings. The summed E-state index contributed by atoms with van der Waals surface area (Å²) >= 11 is 0. The lowest BCUT2D eigenvalue weighted by atomic mass is 10.1. The molecule has 2 N–H and O–H groups in total. The largest absolute Gasteiger partial charge is 0.497 e. The summed E-state index contributed by atoms with van der Waals surface area (Å²) in [4.78, 5) is 24.1. The van der Waals surface area contributed by atoms with Crippen molar-refractivity contribution in [1.82, 2.24) is 10.9 Å². The molecule has 0 aliphatic heterocycles. The van der Waals surface area contributed by atoms with Crippen LogP contribution in [0.5, 0.6) is 17.2 Å². The Hall–Kier alpha value is -3.22. The highest BCUT2D eigenvalue weighted by molar-refractivity contribution is 5.95. The molecule has 2 amide bonds. The molecular weight excluding hydrogens is 348 g/mol. The van der Waals surface area contributed by atoms with Gasteiger partial charge in [-0.25, -0.2) is 0 Å². The topological polar surface area (TPSA) is 85.9 Å². The van der Waals surface area contributed by atoms with E-state index in [0.717, 1.165) is 5.56 Å². The first-order valence-electron chi connectivity index (χ1n) is 8.59. The van der Waals surface area contributed by atoms with Crippen LogP contribution in [-0.4, -0.2) is 32.6 Å². The number of rotatable bonds is 8. The number of ether oxygens (including phenoxy) is 3. The van der Waals surface area contributed by atoms with Gasteiger partial charge >= 0.3 is 0 Å². The van der Waals surface area contributed by atoms with Gasteiger partial charge in [0.15, 0.2) is 0 Å². The molecule has 0 unspecified atom stereocenters. The van der Waals surface area contributed by atoms with Crippen molar-refractivity contribution >= 4 is 11.8 Å². The Morgan fingerprint density at radius 1 is 0.889 bits per heavy atom. The lowest BCUT2D eigenvalue weighted by molar-refractivity contribution is -0.121. The van der Waals surface area contributed by atoms with Crippen LogP contribution in [0.25, 0.3) is 0 Å². The van der Waals surface area contributed by atoms with Gasteiger partial charge < -0.3 is 14.2 Å². The zero-order valence-electron chi connectivity index (χ0n) is 15.7. The highest BCUT2D eigenvalue weighted by Crippen LogP contribution is 2.23. The van der Waals surface area contributed by atoms with E-state index in [2.05, 4.69) is 10.9 Å². The average Bonchev–Trinajstić information content (AvgIpc) is 2.70. The van der Waals surface area contributed by atoms with E-state index in [4.69, 9.17) is 14.2 Å². The maximum absolute atomic E-state index is 12.1. The first-order valence-corrected chi connectivity index (χ1v) is 8.59. The molecule has 0 saturated carbocycles. The standard InChI is InChI=1S/C20H24N2O5/c1-4-27-16-8-6-15(7-9-16)20(24)22-21-19(23)10-5-14-11-17(25-2)13-18(12-14)26-3/h6-9,11-13H,4-5,10H2,1-3H3,(H,21,23)(H,22,24). The normalized spacial score (nSPS) is 10.0. The lowest BCUT2D eigenvalue weighted by Crippen LogP contribution is -2.41. The third-order valence-electron chi connectivity index (χ3n) is 3.79. The molecule has 2 aromatic carbocycles. The van der Waals surface area contributed by atoms with Crippen molar-refractivity contribution in [3.8, 4) is 17.2 Å². The number of hydrazine groups is 1. The van der Waals surface area contributed by atoms with Gasteiger partial charge in [0.1, 0.15) is 17.2 Å². The maximum atomic E-state index is 12.1. The molecule has 0 atom stereocenters. The molecule has 7 nitrogen and oxygen atoms in total. The molecule has 0 heterocycles. The monoisotopic (exact) mass is 372 g/mol. The SMILES string of the molecule is CCOc1ccc(C(=O)NNC(=O)CCc2cc(OC)cc(OC)c2)cc1. The number of carbonyl (C=O) groups excluding carboxylic acids is 2. The fourth-order valence-corrected chi connectivity index (χ4v) is 2.40. The summed E-state index contributed by atoms with van der Waals surface area (Å²) in [6.07, 6.45) is 0.693. The number of benzene rings is 2. The highest BCUT2D eigenvalue weighted by Gasteiger charge is 2.09. The summed E-state index contributed by atoms with van der Waals surface area (Å²) in [5, 5.41) is 0. The predicted octanol–water partition coefficient (Wildman–Crippen LogP) is 2.50. The van der Waals surface area contributed by atoms with E-state index in [-0.39, 0.29) is 12.3 Å². The average molecular weight is 372 g/mol. The van der Waals surface area contributed by atoms with Gasteiger partial charge in [0.2, 0.25) is 5.91 Å². The summed E-state index contributed by atoms with van der Waals surface area (Å²) in [6.45, 7) is 2.44. The van der Waals surface area contributed by atoms with Crippen LogP contribution in [0.15, 0.2) is 42.5 Å². The minimum absolute atomic E-state index is 0.208. The van der Waals surface area contributed by atoms with Gasteiger partial charge in [-0.2, -0.15) is 0 Å². The van der Waals surface area contributed by atoms with Crippen molar-refractivity contribution < 1.29 is 23.8 Å². The third kappa shape index (κ3) is 6.22. The number of carbonyl (C=O) groups is 2. The van der Waals surface area contributed by atoms with Gasteiger partial charge in [-0.3, -0.25) is 20.4 Å². The van der Waals surface area contributed by atoms with Crippen molar-refractivity contribution in [2.45, 2.75) is 19.8 Å². The van der Waals surface area contributed by atoms with Crippen molar-refractivity contribution in [3.63, 3.8) is 0 Å². The van der Waals surface area contributed by atoms with E-state index in [1.54, 1.807) is 44.6 Å². The lowest BCUT2D eigenvalue weighted by Gasteiger charge is -2.10. The van der Waals surface area contributed by atoms with E-state index in [1.807, 2.05) is 19.1 Å². The van der Waals surface area contributed by atoms with Crippen LogP contribution in [0, 0.1) is 0 Å². The number of aryl methyl sites for hydroxylation is 1. The van der Waals surface area contributed by atoms with Crippen LogP contribution in [0.1, 0.15) is 29.3 Å². The second-order valence-electron chi connectivity index (χ2n) is 5.68. The molecule has 27 heavy (non-hydrogen) atoms. The fourth-order valence-electron chi connectivity index (χ4n) is 2.40. The third-order valence-corrected chi connectivity index (χ3v) is 3.79. The maximum Gasteiger partial charge on any atom is 0.269 e. The van der Waals surface area contributed by atoms with Gasteiger partial charge in [0.05, 0.1) is 20.8 Å². The molecule has 0 saturated heterocycles. The number of nitrogens with one attached hydrogen (secondary N) is 2. The second-order valence-corrected chi connectivity index (χ2v) is 5.68. The molecule has 0 radical (unpaired) electrons. The summed E-state index contributed by atoms with van der Waals surface area (Å²) in [5.74, 6) is 1.32. The van der Waals surface area contributed by atoms with Crippen LogP contribution < -0.4 is 25.1 Å². The van der Waals surface area contributed by atoms with Gasteiger partial charge in [0.25, 0.3) is 5.91 Å². The molecule has 2 rings (SSSR count). The Bertz CT molecular complexity index is 752. The van der Waals surface area contributed by atoms with Gasteiger partial charge in [-0.15, -0.1) is 0 Å². The second kappa shape index (κ2) is 10.1. The molecule has 0 aliphatic carbocycles. The van der Waals surface area contributed by atoms with Crippen LogP contribution >= 0.6 is 0 Å². The molecule has 2 aromatic rings. The molecular formula is C20H24N2O5. The molecule has 144 valence electrons. The molecule has 0 bridgehead atoms. The van der Waals surface area contributed by atoms with Crippen molar-refractivity contribution in [1.29, 1.82) is 0 Å². The zero-order chi connectivity index (χ0) is 19.6. The number of hydrogen-bond donors (Lipinski definition) is 2. The molecule has 0 aliphatic rings. The van der Waals surface area contributed by atoms with Gasteiger partial charge in [0, 0.05) is 18.1 Å². The summed E-state index contributed by atoms with van der Waals surface area (Å²) in [6, 6.07) is 12.1. The van der Waals surface area contributed by atoms with Crippen LogP contribution in [0.2, 0.25) is 0 Å². The summed E-state index contributed by atoms with van der Waals surface area (Å²) in [5.41, 5.74) is 6.15. The highest BCUT2D eigenvalue weighted by atomic mass is 16.5. The van der Waals surface area contributed by atoms with Gasteiger partial charge in [-0.1, -0.05) is 0 Å². The van der Waals surface area contributed by atoms with Gasteiger partial charge in [-0.05, 0) is 55.3 Å². The van der Waals surface area contributed by atoms with Crippen molar-refractivity contribution in [2.24, 2.45) is 0 Å². The van der Waals surface area contributed by atoms with Crippen LogP contribution in [0.4, 0.5) is 0 Å². The number of hydrogen-bond acceptors (Lipinski definition) is 5. The zero-order valence-corrected chi connectivity index (χ0v) is 15.7. The Kier molecular flexibility index (Phi) is 7.49. The van der Waals surface area contributed by atoms with Crippen molar-refractivity contribution in [3.05, 3.63) is 53.6 Å². The first kappa shape index (κ1) is 20.1. The Morgan fingerprint density at radius 2 is 1.52 bits per heavy atom. The Labute approximate surface area is 158 Å². The molecule has 0 spiro atoms. The van der Waals surface area contributed by atoms with Crippen LogP contribution in [0.3, 0.4) is 0 Å². The minimum Gasteiger partial charge on any atom is -0.497 e. The Morgan fingerprint density at radius 3 is 2.07 bits per heavy atom. The van der Waals surface area contributed by atoms with E-state index < -0.39 is 5.91 Å². The van der Waals surface area contributed by atoms with E-state index in [0.29, 0.717) is 35.8 Å². The van der Waals surface area contributed by atoms with E-state index >= 15 is 0 Å². The number of methoxy groups -OCH3 is 2. The predicted molar refractivity (Wildman–Crippen MR) is 101 cm³/mol. The van der Waals surface area contributed by atoms with E-state index in [9.17, 15) is 9.59 Å². The Balaban J connectivity index is 1.83. The summed E-state index contributed by atoms with van der Waals surface area (Å²) < 4.78 is 15.7. The number of amides is 2. The molecule has 7 heteroatoms. The fraction of sp³-hybridized carbons (Fsp3) is 0.300. The van der Waals surface area contributed by atoms with Crippen LogP contribution in [-0.2, 0) is 11.2 Å². The smallest absolute Gasteiger partial charge is 0.269 e. The van der Waals surface area contributed by atoms with Crippen molar-refractivity contribution in [2.75, 3.05) is 20.8 Å².